The molecule has 4 aliphatic heterocycles. The number of benzene rings is 4. The minimum Gasteiger partial charge on any atom is -0.394 e. The highest BCUT2D eigenvalue weighted by atomic mass is 32.2. The molecule has 18 heteroatoms. The molecule has 10 rings (SSSR count). The Morgan fingerprint density at radius 2 is 1.27 bits per heavy atom. The van der Waals surface area contributed by atoms with E-state index in [0.29, 0.717) is 75.6 Å². The van der Waals surface area contributed by atoms with Gasteiger partial charge in [-0.15, -0.1) is 0 Å². The topological polar surface area (TPSA) is 195 Å². The number of anilines is 2. The number of nitrogens with two attached hydrogens (primary N) is 2. The highest BCUT2D eigenvalue weighted by molar-refractivity contribution is 7.97. The van der Waals surface area contributed by atoms with Crippen molar-refractivity contribution in [3.05, 3.63) is 127 Å². The van der Waals surface area contributed by atoms with Crippen LogP contribution in [0.15, 0.2) is 92.2 Å². The van der Waals surface area contributed by atoms with E-state index in [0.717, 1.165) is 83.6 Å². The lowest BCUT2D eigenvalue weighted by Gasteiger charge is -2.38. The van der Waals surface area contributed by atoms with E-state index in [-0.39, 0.29) is 41.5 Å². The number of hydrogen-bond acceptors (Lipinski definition) is 16. The largest absolute Gasteiger partial charge is 0.394 e. The summed E-state index contributed by atoms with van der Waals surface area (Å²) in [4.78, 5) is 44.0. The van der Waals surface area contributed by atoms with Crippen LogP contribution in [-0.2, 0) is 55.0 Å². The zero-order valence-electron chi connectivity index (χ0n) is 43.8. The van der Waals surface area contributed by atoms with E-state index in [2.05, 4.69) is 68.7 Å². The smallest absolute Gasteiger partial charge is 0.261 e. The molecule has 6 heterocycles. The predicted octanol–water partition coefficient (Wildman–Crippen LogP) is 7.43. The molecule has 6 aromatic rings. The lowest BCUT2D eigenvalue weighted by molar-refractivity contribution is -0.0563. The summed E-state index contributed by atoms with van der Waals surface area (Å²) in [5.41, 5.74) is 7.85. The molecule has 0 aliphatic carbocycles. The number of morpholine rings is 2. The van der Waals surface area contributed by atoms with Crippen molar-refractivity contribution in [2.24, 2.45) is 10.3 Å². The minimum atomic E-state index is -0.292. The van der Waals surface area contributed by atoms with Crippen LogP contribution in [0.25, 0.3) is 21.8 Å². The molecule has 4 aliphatic rings. The molecule has 0 bridgehead atoms. The summed E-state index contributed by atoms with van der Waals surface area (Å²) in [5, 5.41) is 22.2. The van der Waals surface area contributed by atoms with Crippen LogP contribution in [0.5, 0.6) is 0 Å². The van der Waals surface area contributed by atoms with Crippen LogP contribution in [-0.4, -0.2) is 116 Å². The molecule has 16 nitrogen and oxygen atoms in total. The van der Waals surface area contributed by atoms with Crippen LogP contribution in [0, 0.1) is 13.8 Å². The van der Waals surface area contributed by atoms with Gasteiger partial charge in [0.1, 0.15) is 17.8 Å². The van der Waals surface area contributed by atoms with Crippen LogP contribution in [0.2, 0.25) is 0 Å². The first-order valence-corrected chi connectivity index (χ1v) is 27.7. The van der Waals surface area contributed by atoms with Crippen molar-refractivity contribution in [3.8, 4) is 0 Å². The molecule has 4 aromatic carbocycles. The molecular formula is C56H74N8O8S2. The molecule has 74 heavy (non-hydrogen) atoms. The molecule has 3 atom stereocenters. The van der Waals surface area contributed by atoms with Crippen LogP contribution >= 0.6 is 23.9 Å². The van der Waals surface area contributed by atoms with E-state index >= 15 is 0 Å². The average Bonchev–Trinajstić information content (AvgIpc) is 3.96. The minimum absolute atomic E-state index is 0.0110. The molecule has 4 saturated heterocycles. The number of nitrogens with zero attached hydrogens (tertiary/aromatic N) is 6. The standard InChI is InChI=1S/C27H34N4O4S.C26H32N4O4S.C3H8/c1-18-14-22(36-28)7-5-19(18)9-10-31-26(25-4-3-12-35-25)29-24-15-20(6-8-23(24)27(31)32)30-11-13-34-21(16-30)17-33-2;1-17-11-21(35-27)5-3-18(17)7-8-30-24(32)22-6-4-19(29-9-10-34-20(13-29)14-31)12-23(22)28-25(30)26(2)15-33-16-26;1-3-2/h5-8,14-15,21,25H,3-4,9-13,16-17,28H2,1-2H3;3-6,11-12,20,31H,7-10,13-16,27H2,1-2H3;3H2,1-2H3/t;20-;/m.1./s1. The number of hydrogen-bond donors (Lipinski definition) is 3. The van der Waals surface area contributed by atoms with Gasteiger partial charge < -0.3 is 38.6 Å². The summed E-state index contributed by atoms with van der Waals surface area (Å²) >= 11 is 2.48. The van der Waals surface area contributed by atoms with Gasteiger partial charge in [0.15, 0.2) is 0 Å². The molecule has 0 amide bonds. The van der Waals surface area contributed by atoms with Crippen LogP contribution in [0.1, 0.15) is 80.0 Å². The van der Waals surface area contributed by atoms with Crippen molar-refractivity contribution in [3.63, 3.8) is 0 Å². The lowest BCUT2D eigenvalue weighted by Crippen LogP contribution is -2.48. The maximum atomic E-state index is 13.7. The number of aliphatic hydroxyl groups is 1. The first-order valence-electron chi connectivity index (χ1n) is 25.9. The van der Waals surface area contributed by atoms with Crippen molar-refractivity contribution in [1.29, 1.82) is 0 Å². The van der Waals surface area contributed by atoms with E-state index < -0.39 is 0 Å². The first-order chi connectivity index (χ1) is 35.9. The maximum Gasteiger partial charge on any atom is 0.261 e. The molecule has 2 aromatic heterocycles. The molecule has 0 saturated carbocycles. The van der Waals surface area contributed by atoms with Crippen LogP contribution < -0.4 is 31.2 Å². The second-order valence-electron chi connectivity index (χ2n) is 19.9. The third-order valence-corrected chi connectivity index (χ3v) is 15.2. The molecular weight excluding hydrogens is 977 g/mol. The Balaban J connectivity index is 0.000000187. The summed E-state index contributed by atoms with van der Waals surface area (Å²) in [5.74, 6) is 1.51. The lowest BCUT2D eigenvalue weighted by atomic mass is 9.87. The van der Waals surface area contributed by atoms with Crippen molar-refractivity contribution >= 4 is 57.1 Å². The highest BCUT2D eigenvalue weighted by Gasteiger charge is 2.40. The summed E-state index contributed by atoms with van der Waals surface area (Å²) in [6.45, 7) is 18.1. The van der Waals surface area contributed by atoms with Gasteiger partial charge in [0.2, 0.25) is 0 Å². The van der Waals surface area contributed by atoms with E-state index in [1.54, 1.807) is 7.11 Å². The summed E-state index contributed by atoms with van der Waals surface area (Å²) in [6, 6.07) is 24.2. The second-order valence-corrected chi connectivity index (χ2v) is 21.3. The molecule has 4 fully saturated rings. The highest BCUT2D eigenvalue weighted by Crippen LogP contribution is 2.33. The molecule has 2 unspecified atom stereocenters. The normalized spacial score (nSPS) is 19.4. The van der Waals surface area contributed by atoms with E-state index in [9.17, 15) is 14.7 Å². The molecule has 0 spiro atoms. The van der Waals surface area contributed by atoms with Gasteiger partial charge in [-0.2, -0.15) is 0 Å². The van der Waals surface area contributed by atoms with Crippen molar-refractivity contribution in [2.45, 2.75) is 113 Å². The average molecular weight is 1050 g/mol. The third-order valence-electron chi connectivity index (χ3n) is 14.2. The predicted molar refractivity (Wildman–Crippen MR) is 297 cm³/mol. The zero-order valence-corrected chi connectivity index (χ0v) is 45.5. The molecule has 398 valence electrons. The van der Waals surface area contributed by atoms with E-state index in [4.69, 9.17) is 43.9 Å². The number of aryl methyl sites for hydroxylation is 4. The van der Waals surface area contributed by atoms with Crippen LogP contribution in [0.3, 0.4) is 0 Å². The number of rotatable bonds is 15. The summed E-state index contributed by atoms with van der Waals surface area (Å²) in [7, 11) is 1.69. The Hall–Kier alpha value is -4.86. The monoisotopic (exact) mass is 1050 g/mol. The van der Waals surface area contributed by atoms with Gasteiger partial charge in [-0.05, 0) is 153 Å². The van der Waals surface area contributed by atoms with Gasteiger partial charge in [-0.1, -0.05) is 32.4 Å². The number of ether oxygens (including phenoxy) is 5. The van der Waals surface area contributed by atoms with Gasteiger partial charge in [-0.3, -0.25) is 29.0 Å². The Bertz CT molecular complexity index is 2980. The Morgan fingerprint density at radius 1 is 0.730 bits per heavy atom. The fourth-order valence-corrected chi connectivity index (χ4v) is 10.9. The number of aliphatic hydroxyl groups excluding tert-OH is 1. The van der Waals surface area contributed by atoms with E-state index in [1.165, 1.54) is 52.6 Å². The Kier molecular flexibility index (Phi) is 19.3. The number of fused-ring (bicyclic) bond motifs is 2. The second kappa shape index (κ2) is 25.8. The van der Waals surface area contributed by atoms with Crippen molar-refractivity contribution in [2.75, 3.05) is 89.3 Å². The fourth-order valence-electron chi connectivity index (χ4n) is 10.1. The molecule has 0 radical (unpaired) electrons. The number of aromatic nitrogens is 4. The summed E-state index contributed by atoms with van der Waals surface area (Å²) < 4.78 is 31.9. The Morgan fingerprint density at radius 3 is 1.77 bits per heavy atom. The van der Waals surface area contributed by atoms with Gasteiger partial charge >= 0.3 is 0 Å². The fraction of sp³-hybridized carbons (Fsp3) is 0.500. The number of methoxy groups -OCH3 is 1. The van der Waals surface area contributed by atoms with Gasteiger partial charge in [0.25, 0.3) is 11.1 Å². The SMILES string of the molecule is CCC.COCC1CN(c2ccc3c(=O)n(CCc4ccc(SN)cc4C)c(C4CCCO4)nc3c2)CCO1.Cc1cc(SN)ccc1CCn1c(C2(C)COC2)nc2cc(N3CCO[C@@H](CO)C3)ccc2c1=O. The summed E-state index contributed by atoms with van der Waals surface area (Å²) in [6.07, 6.45) is 4.24. The van der Waals surface area contributed by atoms with Gasteiger partial charge in [0, 0.05) is 74.2 Å². The van der Waals surface area contributed by atoms with Gasteiger partial charge in [-0.25, -0.2) is 9.97 Å². The van der Waals surface area contributed by atoms with Crippen molar-refractivity contribution in [1.82, 2.24) is 19.1 Å². The van der Waals surface area contributed by atoms with Gasteiger partial charge in [0.05, 0.1) is 79.1 Å². The van der Waals surface area contributed by atoms with E-state index in [1.807, 2.05) is 57.7 Å². The van der Waals surface area contributed by atoms with Crippen molar-refractivity contribution < 1.29 is 28.8 Å². The first kappa shape index (κ1) is 55.4. The molecule has 5 N–H and O–H groups in total. The third kappa shape index (κ3) is 12.9. The van der Waals surface area contributed by atoms with Crippen LogP contribution in [0.4, 0.5) is 11.4 Å². The zero-order chi connectivity index (χ0) is 52.4. The quantitative estimate of drug-likeness (QED) is 0.0859. The maximum absolute atomic E-state index is 13.7. The Labute approximate surface area is 443 Å².